The van der Waals surface area contributed by atoms with Crippen LogP contribution in [-0.2, 0) is 9.59 Å². The molecule has 0 spiro atoms. The number of nitrogens with one attached hydrogen (secondary N) is 3. The van der Waals surface area contributed by atoms with Crippen molar-refractivity contribution in [3.8, 4) is 0 Å². The Labute approximate surface area is 161 Å². The molecule has 0 bridgehead atoms. The van der Waals surface area contributed by atoms with Crippen LogP contribution >= 0.6 is 0 Å². The summed E-state index contributed by atoms with van der Waals surface area (Å²) in [5, 5.41) is 8.16. The lowest BCUT2D eigenvalue weighted by Crippen LogP contribution is -2.59. The number of carbonyl (C=O) groups excluding carboxylic acids is 3. The summed E-state index contributed by atoms with van der Waals surface area (Å²) in [4.78, 5) is 44.5. The molecule has 144 valence electrons. The van der Waals surface area contributed by atoms with E-state index in [2.05, 4.69) is 25.9 Å². The quantitative estimate of drug-likeness (QED) is 0.608. The van der Waals surface area contributed by atoms with Crippen LogP contribution in [0.25, 0.3) is 0 Å². The van der Waals surface area contributed by atoms with Gasteiger partial charge in [-0.15, -0.1) is 0 Å². The van der Waals surface area contributed by atoms with Crippen molar-refractivity contribution in [1.29, 1.82) is 0 Å². The lowest BCUT2D eigenvalue weighted by Gasteiger charge is -2.26. The summed E-state index contributed by atoms with van der Waals surface area (Å²) < 4.78 is 0. The summed E-state index contributed by atoms with van der Waals surface area (Å²) in [6.45, 7) is 3.32. The van der Waals surface area contributed by atoms with Crippen molar-refractivity contribution in [2.75, 3.05) is 10.6 Å². The number of hydrogen-bond donors (Lipinski definition) is 4. The van der Waals surface area contributed by atoms with Gasteiger partial charge in [-0.05, 0) is 49.7 Å². The number of aryl methyl sites for hydroxylation is 1. The van der Waals surface area contributed by atoms with Crippen molar-refractivity contribution in [3.63, 3.8) is 0 Å². The maximum absolute atomic E-state index is 12.5. The van der Waals surface area contributed by atoms with E-state index in [1.54, 1.807) is 49.5 Å². The Morgan fingerprint density at radius 1 is 1.11 bits per heavy atom. The second-order valence-electron chi connectivity index (χ2n) is 6.58. The normalized spacial score (nSPS) is 20.3. The first-order valence-corrected chi connectivity index (χ1v) is 8.54. The molecule has 1 aliphatic heterocycles. The molecule has 0 saturated heterocycles. The molecule has 5 N–H and O–H groups in total. The number of benzene rings is 1. The summed E-state index contributed by atoms with van der Waals surface area (Å²) in [5.41, 5.74) is 6.25. The van der Waals surface area contributed by atoms with Crippen LogP contribution in [0, 0.1) is 6.92 Å². The monoisotopic (exact) mass is 380 g/mol. The molecule has 0 radical (unpaired) electrons. The number of hydrogen-bond acceptors (Lipinski definition) is 6. The average Bonchev–Trinajstić information content (AvgIpc) is 3.07. The molecule has 9 nitrogen and oxygen atoms in total. The maximum atomic E-state index is 12.5. The van der Waals surface area contributed by atoms with Crippen molar-refractivity contribution < 1.29 is 14.4 Å². The molecule has 9 heteroatoms. The zero-order valence-electron chi connectivity index (χ0n) is 15.4. The van der Waals surface area contributed by atoms with Crippen LogP contribution in [0.4, 0.5) is 11.4 Å². The minimum Gasteiger partial charge on any atom is -0.368 e. The number of rotatable bonds is 5. The molecule has 3 rings (SSSR count). The van der Waals surface area contributed by atoms with Crippen molar-refractivity contribution in [1.82, 2.24) is 10.3 Å². The number of primary amides is 1. The fourth-order valence-corrected chi connectivity index (χ4v) is 2.77. The van der Waals surface area contributed by atoms with Gasteiger partial charge in [0.05, 0.1) is 6.34 Å². The Morgan fingerprint density at radius 3 is 2.36 bits per heavy atom. The third kappa shape index (κ3) is 3.68. The zero-order valence-corrected chi connectivity index (χ0v) is 15.4. The predicted octanol–water partition coefficient (Wildman–Crippen LogP) is 0.825. The molecular formula is C19H20N6O3. The van der Waals surface area contributed by atoms with Gasteiger partial charge in [0.25, 0.3) is 11.8 Å². The Hall–Kier alpha value is -3.75. The fraction of sp³-hybridized carbons (Fsp3) is 0.211. The topological polar surface area (TPSA) is 139 Å². The van der Waals surface area contributed by atoms with E-state index in [1.165, 1.54) is 13.3 Å². The van der Waals surface area contributed by atoms with Crippen molar-refractivity contribution >= 4 is 35.4 Å². The molecular weight excluding hydrogens is 360 g/mol. The number of carbonyl (C=O) groups is 3. The minimum absolute atomic E-state index is 0.321. The standard InChI is InChI=1S/C19H20N6O3/c1-11-4-3-9-21-14(11)16(26)24-12-5-7-13(8-6-12)25-17(27)15-19(2,18(20)28)23-10-22-15/h3-10,15H,1-2H3,(H2,20,28)(H,22,23)(H,24,26)(H,25,27). The molecule has 0 fully saturated rings. The first kappa shape index (κ1) is 19.0. The Balaban J connectivity index is 1.66. The molecule has 1 aliphatic rings. The number of aliphatic imine (C=N–C) groups is 1. The summed E-state index contributed by atoms with van der Waals surface area (Å²) in [6.07, 6.45) is 2.86. The molecule has 2 heterocycles. The van der Waals surface area contributed by atoms with Crippen molar-refractivity contribution in [2.24, 2.45) is 10.7 Å². The van der Waals surface area contributed by atoms with Crippen LogP contribution in [0.1, 0.15) is 23.0 Å². The predicted molar refractivity (Wildman–Crippen MR) is 105 cm³/mol. The number of nitrogens with two attached hydrogens (primary N) is 1. The Bertz CT molecular complexity index is 956. The van der Waals surface area contributed by atoms with Gasteiger partial charge in [-0.1, -0.05) is 6.07 Å². The molecule has 1 aromatic carbocycles. The molecule has 1 aromatic heterocycles. The third-order valence-corrected chi connectivity index (χ3v) is 4.53. The Kier molecular flexibility index (Phi) is 5.08. The molecule has 2 atom stereocenters. The average molecular weight is 380 g/mol. The number of pyridine rings is 1. The molecule has 3 amide bonds. The second-order valence-corrected chi connectivity index (χ2v) is 6.58. The largest absolute Gasteiger partial charge is 0.368 e. The van der Waals surface area contributed by atoms with E-state index in [0.717, 1.165) is 5.56 Å². The summed E-state index contributed by atoms with van der Waals surface area (Å²) >= 11 is 0. The second kappa shape index (κ2) is 7.47. The first-order valence-electron chi connectivity index (χ1n) is 8.54. The van der Waals surface area contributed by atoms with Crippen molar-refractivity contribution in [3.05, 3.63) is 53.9 Å². The summed E-state index contributed by atoms with van der Waals surface area (Å²) in [6, 6.07) is 9.15. The van der Waals surface area contributed by atoms with Gasteiger partial charge in [0, 0.05) is 17.6 Å². The van der Waals surface area contributed by atoms with E-state index in [-0.39, 0.29) is 5.91 Å². The van der Waals surface area contributed by atoms with E-state index in [0.29, 0.717) is 17.1 Å². The number of aromatic nitrogens is 1. The number of amides is 3. The van der Waals surface area contributed by atoms with Crippen LogP contribution < -0.4 is 21.7 Å². The molecule has 0 saturated carbocycles. The molecule has 2 unspecified atom stereocenters. The highest BCUT2D eigenvalue weighted by Gasteiger charge is 2.46. The van der Waals surface area contributed by atoms with Gasteiger partial charge in [-0.2, -0.15) is 0 Å². The van der Waals surface area contributed by atoms with E-state index >= 15 is 0 Å². The minimum atomic E-state index is -1.28. The van der Waals surface area contributed by atoms with Gasteiger partial charge >= 0.3 is 0 Å². The molecule has 2 aromatic rings. The first-order chi connectivity index (χ1) is 13.3. The fourth-order valence-electron chi connectivity index (χ4n) is 2.77. The summed E-state index contributed by atoms with van der Waals surface area (Å²) in [7, 11) is 0. The van der Waals surface area contributed by atoms with Crippen LogP contribution in [0.2, 0.25) is 0 Å². The van der Waals surface area contributed by atoms with Crippen LogP contribution in [0.5, 0.6) is 0 Å². The lowest BCUT2D eigenvalue weighted by molar-refractivity contribution is -0.128. The van der Waals surface area contributed by atoms with E-state index < -0.39 is 23.4 Å². The van der Waals surface area contributed by atoms with E-state index in [4.69, 9.17) is 5.73 Å². The van der Waals surface area contributed by atoms with Gasteiger partial charge in [-0.3, -0.25) is 24.4 Å². The molecule has 0 aliphatic carbocycles. The number of anilines is 2. The van der Waals surface area contributed by atoms with Crippen molar-refractivity contribution in [2.45, 2.75) is 25.4 Å². The molecule has 28 heavy (non-hydrogen) atoms. The SMILES string of the molecule is Cc1cccnc1C(=O)Nc1ccc(NC(=O)C2N=CNC2(C)C(N)=O)cc1. The van der Waals surface area contributed by atoms with E-state index in [9.17, 15) is 14.4 Å². The zero-order chi connectivity index (χ0) is 20.3. The van der Waals surface area contributed by atoms with Gasteiger partial charge in [-0.25, -0.2) is 0 Å². The van der Waals surface area contributed by atoms with Gasteiger partial charge in [0.15, 0.2) is 6.04 Å². The van der Waals surface area contributed by atoms with Crippen LogP contribution in [0.3, 0.4) is 0 Å². The highest BCUT2D eigenvalue weighted by molar-refractivity contribution is 6.05. The van der Waals surface area contributed by atoms with E-state index in [1.807, 2.05) is 0 Å². The highest BCUT2D eigenvalue weighted by atomic mass is 16.2. The smallest absolute Gasteiger partial charge is 0.274 e. The Morgan fingerprint density at radius 2 is 1.75 bits per heavy atom. The maximum Gasteiger partial charge on any atom is 0.274 e. The van der Waals surface area contributed by atoms with Crippen LogP contribution in [-0.4, -0.2) is 40.6 Å². The van der Waals surface area contributed by atoms with Gasteiger partial charge < -0.3 is 21.7 Å². The summed E-state index contributed by atoms with van der Waals surface area (Å²) in [5.74, 6) is -1.46. The highest BCUT2D eigenvalue weighted by Crippen LogP contribution is 2.20. The third-order valence-electron chi connectivity index (χ3n) is 4.53. The van der Waals surface area contributed by atoms with Gasteiger partial charge in [0.2, 0.25) is 5.91 Å². The van der Waals surface area contributed by atoms with Gasteiger partial charge in [0.1, 0.15) is 11.2 Å². The lowest BCUT2D eigenvalue weighted by atomic mass is 9.92. The van der Waals surface area contributed by atoms with Crippen LogP contribution in [0.15, 0.2) is 47.6 Å². The number of nitrogens with zero attached hydrogens (tertiary/aromatic N) is 2.